The van der Waals surface area contributed by atoms with E-state index in [9.17, 15) is 14.0 Å². The van der Waals surface area contributed by atoms with Gasteiger partial charge in [-0.3, -0.25) is 0 Å². The van der Waals surface area contributed by atoms with Crippen molar-refractivity contribution in [3.8, 4) is 11.5 Å². The lowest BCUT2D eigenvalue weighted by atomic mass is 10.0. The number of rotatable bonds is 4. The maximum absolute atomic E-state index is 14.0. The maximum atomic E-state index is 14.0. The fourth-order valence-electron chi connectivity index (χ4n) is 4.99. The highest BCUT2D eigenvalue weighted by atomic mass is 32.1. The van der Waals surface area contributed by atoms with Crippen LogP contribution in [0.15, 0.2) is 84.4 Å². The van der Waals surface area contributed by atoms with E-state index in [1.165, 1.54) is 30.6 Å². The lowest BCUT2D eigenvalue weighted by Gasteiger charge is -2.31. The Balaban J connectivity index is 1.51. The molecule has 10 heteroatoms. The average molecular weight is 542 g/mol. The Labute approximate surface area is 227 Å². The molecule has 4 heterocycles. The SMILES string of the molecule is COC(=O)c1sccc1NC(=O)N1Cc2c(C)nn(-c3ccccc3)c2-n2cccc2C1c1ccc(F)cc1. The van der Waals surface area contributed by atoms with Crippen LogP contribution in [0.4, 0.5) is 14.9 Å². The van der Waals surface area contributed by atoms with Gasteiger partial charge in [-0.15, -0.1) is 11.3 Å². The van der Waals surface area contributed by atoms with Crippen LogP contribution in [0.3, 0.4) is 0 Å². The second-order valence-corrected chi connectivity index (χ2v) is 10.0. The lowest BCUT2D eigenvalue weighted by molar-refractivity contribution is 0.0607. The number of fused-ring (bicyclic) bond motifs is 3. The molecule has 0 spiro atoms. The summed E-state index contributed by atoms with van der Waals surface area (Å²) < 4.78 is 22.7. The standard InChI is InChI=1S/C29H24FN5O3S/c1-18-22-17-34(29(37)31-23-14-16-39-26(23)28(36)38-2)25(19-10-12-20(30)13-11-19)24-9-6-15-33(24)27(22)35(32-18)21-7-4-3-5-8-21/h3-16,25H,17H2,1-2H3,(H,31,37). The van der Waals surface area contributed by atoms with Crippen molar-refractivity contribution in [2.24, 2.45) is 0 Å². The molecule has 0 saturated carbocycles. The smallest absolute Gasteiger partial charge is 0.350 e. The molecule has 0 fully saturated rings. The number of carbonyl (C=O) groups excluding carboxylic acids is 2. The Bertz CT molecular complexity index is 1670. The quantitative estimate of drug-likeness (QED) is 0.279. The summed E-state index contributed by atoms with van der Waals surface area (Å²) in [5, 5.41) is 9.47. The minimum atomic E-state index is -0.558. The van der Waals surface area contributed by atoms with E-state index >= 15 is 0 Å². The van der Waals surface area contributed by atoms with Crippen molar-refractivity contribution in [3.63, 3.8) is 0 Å². The number of nitrogens with zero attached hydrogens (tertiary/aromatic N) is 4. The van der Waals surface area contributed by atoms with Crippen LogP contribution in [-0.4, -0.2) is 38.4 Å². The summed E-state index contributed by atoms with van der Waals surface area (Å²) in [7, 11) is 1.30. The number of halogens is 1. The number of aromatic nitrogens is 3. The molecular weight excluding hydrogens is 517 g/mol. The monoisotopic (exact) mass is 541 g/mol. The van der Waals surface area contributed by atoms with Crippen LogP contribution in [0.2, 0.25) is 0 Å². The predicted molar refractivity (Wildman–Crippen MR) is 146 cm³/mol. The summed E-state index contributed by atoms with van der Waals surface area (Å²) in [4.78, 5) is 28.3. The van der Waals surface area contributed by atoms with Gasteiger partial charge in [-0.05, 0) is 60.3 Å². The number of urea groups is 1. The molecule has 1 unspecified atom stereocenters. The number of aryl methyl sites for hydroxylation is 1. The first-order chi connectivity index (χ1) is 19.0. The number of amides is 2. The van der Waals surface area contributed by atoms with E-state index in [1.54, 1.807) is 28.5 Å². The number of esters is 1. The highest BCUT2D eigenvalue weighted by molar-refractivity contribution is 7.12. The van der Waals surface area contributed by atoms with Crippen molar-refractivity contribution >= 4 is 29.0 Å². The summed E-state index contributed by atoms with van der Waals surface area (Å²) in [6, 6.07) is 20.5. The summed E-state index contributed by atoms with van der Waals surface area (Å²) in [6.07, 6.45) is 1.95. The van der Waals surface area contributed by atoms with Crippen LogP contribution >= 0.6 is 11.3 Å². The number of hydrogen-bond acceptors (Lipinski definition) is 5. The molecular formula is C29H24FN5O3S. The molecule has 1 atom stereocenters. The first-order valence-electron chi connectivity index (χ1n) is 12.3. The number of anilines is 1. The zero-order valence-corrected chi connectivity index (χ0v) is 22.0. The van der Waals surface area contributed by atoms with Crippen LogP contribution in [0.5, 0.6) is 0 Å². The topological polar surface area (TPSA) is 81.4 Å². The van der Waals surface area contributed by atoms with E-state index < -0.39 is 18.0 Å². The zero-order valence-electron chi connectivity index (χ0n) is 21.2. The van der Waals surface area contributed by atoms with Crippen molar-refractivity contribution in [1.29, 1.82) is 0 Å². The Kier molecular flexibility index (Phi) is 6.24. The molecule has 0 radical (unpaired) electrons. The Hall–Kier alpha value is -4.70. The van der Waals surface area contributed by atoms with Gasteiger partial charge in [0.1, 0.15) is 16.5 Å². The molecule has 2 aromatic carbocycles. The fourth-order valence-corrected chi connectivity index (χ4v) is 5.76. The van der Waals surface area contributed by atoms with E-state index in [0.29, 0.717) is 10.6 Å². The number of thiophene rings is 1. The van der Waals surface area contributed by atoms with Gasteiger partial charge >= 0.3 is 12.0 Å². The minimum Gasteiger partial charge on any atom is -0.465 e. The van der Waals surface area contributed by atoms with E-state index in [1.807, 2.05) is 64.8 Å². The molecule has 3 aromatic heterocycles. The van der Waals surface area contributed by atoms with Gasteiger partial charge in [0, 0.05) is 11.8 Å². The van der Waals surface area contributed by atoms with Crippen LogP contribution < -0.4 is 5.32 Å². The van der Waals surface area contributed by atoms with Crippen LogP contribution in [0.1, 0.15) is 38.2 Å². The fraction of sp³-hybridized carbons (Fsp3) is 0.138. The van der Waals surface area contributed by atoms with Crippen LogP contribution in [-0.2, 0) is 11.3 Å². The largest absolute Gasteiger partial charge is 0.465 e. The average Bonchev–Trinajstić information content (AvgIpc) is 3.67. The second-order valence-electron chi connectivity index (χ2n) is 9.11. The van der Waals surface area contributed by atoms with Crippen molar-refractivity contribution in [1.82, 2.24) is 19.2 Å². The summed E-state index contributed by atoms with van der Waals surface area (Å²) >= 11 is 1.19. The molecule has 1 N–H and O–H groups in total. The molecule has 1 aliphatic heterocycles. The number of methoxy groups -OCH3 is 1. The molecule has 2 amide bonds. The molecule has 0 saturated heterocycles. The molecule has 1 aliphatic rings. The van der Waals surface area contributed by atoms with Crippen LogP contribution in [0.25, 0.3) is 11.5 Å². The van der Waals surface area contributed by atoms with Crippen molar-refractivity contribution in [3.05, 3.63) is 118 Å². The first-order valence-corrected chi connectivity index (χ1v) is 13.1. The molecule has 0 aliphatic carbocycles. The number of hydrogen-bond donors (Lipinski definition) is 1. The van der Waals surface area contributed by atoms with Gasteiger partial charge in [0.2, 0.25) is 0 Å². The summed E-state index contributed by atoms with van der Waals surface area (Å²) in [5.74, 6) is -0.0621. The normalized spacial score (nSPS) is 14.3. The Morgan fingerprint density at radius 1 is 1.05 bits per heavy atom. The summed E-state index contributed by atoms with van der Waals surface area (Å²) in [6.45, 7) is 2.14. The van der Waals surface area contributed by atoms with Crippen molar-refractivity contribution in [2.75, 3.05) is 12.4 Å². The molecule has 0 bridgehead atoms. The number of para-hydroxylation sites is 1. The van der Waals surface area contributed by atoms with E-state index in [0.717, 1.165) is 34.0 Å². The van der Waals surface area contributed by atoms with Gasteiger partial charge in [-0.25, -0.2) is 18.7 Å². The van der Waals surface area contributed by atoms with Gasteiger partial charge in [0.15, 0.2) is 0 Å². The number of nitrogens with one attached hydrogen (secondary N) is 1. The van der Waals surface area contributed by atoms with Crippen molar-refractivity contribution in [2.45, 2.75) is 19.5 Å². The molecule has 196 valence electrons. The predicted octanol–water partition coefficient (Wildman–Crippen LogP) is 6.10. The summed E-state index contributed by atoms with van der Waals surface area (Å²) in [5.41, 5.74) is 4.45. The van der Waals surface area contributed by atoms with E-state index in [2.05, 4.69) is 5.32 Å². The first kappa shape index (κ1) is 24.6. The van der Waals surface area contributed by atoms with Crippen LogP contribution in [0, 0.1) is 12.7 Å². The molecule has 39 heavy (non-hydrogen) atoms. The van der Waals surface area contributed by atoms with Gasteiger partial charge in [0.05, 0.1) is 42.5 Å². The number of ether oxygens (including phenoxy) is 1. The van der Waals surface area contributed by atoms with E-state index in [-0.39, 0.29) is 12.4 Å². The van der Waals surface area contributed by atoms with E-state index in [4.69, 9.17) is 9.84 Å². The maximum Gasteiger partial charge on any atom is 0.350 e. The Morgan fingerprint density at radius 2 is 1.82 bits per heavy atom. The van der Waals surface area contributed by atoms with Crippen molar-refractivity contribution < 1.29 is 18.7 Å². The zero-order chi connectivity index (χ0) is 27.1. The van der Waals surface area contributed by atoms with Gasteiger partial charge in [0.25, 0.3) is 0 Å². The van der Waals surface area contributed by atoms with Gasteiger partial charge in [-0.2, -0.15) is 5.10 Å². The lowest BCUT2D eigenvalue weighted by Crippen LogP contribution is -2.38. The number of benzene rings is 2. The third-order valence-electron chi connectivity index (χ3n) is 6.81. The highest BCUT2D eigenvalue weighted by Gasteiger charge is 2.36. The Morgan fingerprint density at radius 3 is 2.56 bits per heavy atom. The van der Waals surface area contributed by atoms with Gasteiger partial charge in [-0.1, -0.05) is 30.3 Å². The highest BCUT2D eigenvalue weighted by Crippen LogP contribution is 2.39. The molecule has 8 nitrogen and oxygen atoms in total. The second kappa shape index (κ2) is 9.88. The third-order valence-corrected chi connectivity index (χ3v) is 7.71. The van der Waals surface area contributed by atoms with Gasteiger partial charge < -0.3 is 19.5 Å². The molecule has 6 rings (SSSR count). The minimum absolute atomic E-state index is 0.223. The molecule has 5 aromatic rings. The third kappa shape index (κ3) is 4.28. The number of carbonyl (C=O) groups is 2.